The van der Waals surface area contributed by atoms with Crippen molar-refractivity contribution in [3.8, 4) is 0 Å². The lowest BCUT2D eigenvalue weighted by Gasteiger charge is -2.27. The minimum absolute atomic E-state index is 0.0250. The zero-order valence-electron chi connectivity index (χ0n) is 13.8. The van der Waals surface area contributed by atoms with Crippen molar-refractivity contribution in [2.75, 3.05) is 6.54 Å². The first-order valence-electron chi connectivity index (χ1n) is 8.01. The summed E-state index contributed by atoms with van der Waals surface area (Å²) in [6.07, 6.45) is 1.23. The van der Waals surface area contributed by atoms with Crippen molar-refractivity contribution in [3.05, 3.63) is 33.0 Å². The highest BCUT2D eigenvalue weighted by atomic mass is 32.1. The standard InChI is InChI=1S/C16H20N4O3S/c1-3-13-15(24-10(2)17-13)16(23)19-6-7-20-12(9-19)8-11(18-20)4-5-14(21)22/h8H,3-7,9H2,1-2H3,(H,21,22). The fourth-order valence-corrected chi connectivity index (χ4v) is 3.85. The van der Waals surface area contributed by atoms with Crippen LogP contribution in [0.5, 0.6) is 0 Å². The van der Waals surface area contributed by atoms with E-state index in [2.05, 4.69) is 10.1 Å². The minimum Gasteiger partial charge on any atom is -0.481 e. The number of hydrogen-bond donors (Lipinski definition) is 1. The van der Waals surface area contributed by atoms with E-state index >= 15 is 0 Å². The molecule has 1 aliphatic rings. The topological polar surface area (TPSA) is 88.3 Å². The molecule has 1 amide bonds. The van der Waals surface area contributed by atoms with E-state index in [0.717, 1.165) is 33.4 Å². The molecule has 3 rings (SSSR count). The van der Waals surface area contributed by atoms with Crippen molar-refractivity contribution in [3.63, 3.8) is 0 Å². The molecule has 0 unspecified atom stereocenters. The zero-order valence-corrected chi connectivity index (χ0v) is 14.6. The lowest BCUT2D eigenvalue weighted by Crippen LogP contribution is -2.38. The van der Waals surface area contributed by atoms with Crippen molar-refractivity contribution >= 4 is 23.2 Å². The molecule has 0 saturated carbocycles. The van der Waals surface area contributed by atoms with Gasteiger partial charge in [-0.05, 0) is 19.4 Å². The average molecular weight is 348 g/mol. The average Bonchev–Trinajstić information content (AvgIpc) is 3.13. The Hall–Kier alpha value is -2.22. The van der Waals surface area contributed by atoms with Crippen LogP contribution in [0.3, 0.4) is 0 Å². The third-order valence-corrected chi connectivity index (χ3v) is 5.07. The first-order valence-corrected chi connectivity index (χ1v) is 8.82. The molecule has 0 atom stereocenters. The van der Waals surface area contributed by atoms with Crippen LogP contribution in [0.1, 0.15) is 45.1 Å². The maximum atomic E-state index is 12.8. The first-order chi connectivity index (χ1) is 11.5. The molecule has 0 spiro atoms. The number of amides is 1. The lowest BCUT2D eigenvalue weighted by atomic mass is 10.2. The fourth-order valence-electron chi connectivity index (χ4n) is 2.88. The second kappa shape index (κ2) is 6.72. The van der Waals surface area contributed by atoms with Gasteiger partial charge in [0, 0.05) is 13.0 Å². The lowest BCUT2D eigenvalue weighted by molar-refractivity contribution is -0.136. The molecule has 128 valence electrons. The van der Waals surface area contributed by atoms with Gasteiger partial charge in [-0.1, -0.05) is 6.92 Å². The van der Waals surface area contributed by atoms with Crippen molar-refractivity contribution in [2.45, 2.75) is 46.2 Å². The van der Waals surface area contributed by atoms with Gasteiger partial charge in [-0.2, -0.15) is 5.10 Å². The van der Waals surface area contributed by atoms with Gasteiger partial charge in [-0.3, -0.25) is 14.3 Å². The summed E-state index contributed by atoms with van der Waals surface area (Å²) in [5, 5.41) is 14.1. The molecular weight excluding hydrogens is 328 g/mol. The maximum Gasteiger partial charge on any atom is 0.303 e. The van der Waals surface area contributed by atoms with Crippen molar-refractivity contribution < 1.29 is 14.7 Å². The Labute approximate surface area is 143 Å². The Balaban J connectivity index is 1.74. The van der Waals surface area contributed by atoms with Crippen molar-refractivity contribution in [2.24, 2.45) is 0 Å². The third kappa shape index (κ3) is 3.33. The molecule has 2 aromatic heterocycles. The van der Waals surface area contributed by atoms with Crippen LogP contribution >= 0.6 is 11.3 Å². The Kier molecular flexibility index (Phi) is 4.66. The molecule has 0 radical (unpaired) electrons. The number of nitrogens with zero attached hydrogens (tertiary/aromatic N) is 4. The molecule has 24 heavy (non-hydrogen) atoms. The highest BCUT2D eigenvalue weighted by molar-refractivity contribution is 7.13. The van der Waals surface area contributed by atoms with Crippen LogP contribution in [0.4, 0.5) is 0 Å². The van der Waals surface area contributed by atoms with Crippen LogP contribution in [0, 0.1) is 6.92 Å². The molecule has 1 N–H and O–H groups in total. The molecule has 2 aromatic rings. The van der Waals surface area contributed by atoms with E-state index < -0.39 is 5.97 Å². The second-order valence-electron chi connectivity index (χ2n) is 5.83. The van der Waals surface area contributed by atoms with Gasteiger partial charge in [0.15, 0.2) is 0 Å². The number of aliphatic carboxylic acids is 1. The molecule has 0 aromatic carbocycles. The number of aryl methyl sites for hydroxylation is 3. The number of rotatable bonds is 5. The smallest absolute Gasteiger partial charge is 0.303 e. The van der Waals surface area contributed by atoms with Crippen LogP contribution < -0.4 is 0 Å². The highest BCUT2D eigenvalue weighted by Crippen LogP contribution is 2.23. The van der Waals surface area contributed by atoms with E-state index in [0.29, 0.717) is 26.1 Å². The fraction of sp³-hybridized carbons (Fsp3) is 0.500. The number of fused-ring (bicyclic) bond motifs is 1. The van der Waals surface area contributed by atoms with Crippen molar-refractivity contribution in [1.82, 2.24) is 19.7 Å². The molecule has 0 saturated heterocycles. The summed E-state index contributed by atoms with van der Waals surface area (Å²) in [6.45, 7) is 5.66. The van der Waals surface area contributed by atoms with E-state index in [1.807, 2.05) is 29.5 Å². The van der Waals surface area contributed by atoms with Crippen LogP contribution in [0.2, 0.25) is 0 Å². The summed E-state index contributed by atoms with van der Waals surface area (Å²) in [6, 6.07) is 1.90. The summed E-state index contributed by atoms with van der Waals surface area (Å²) in [7, 11) is 0. The molecule has 0 fully saturated rings. The number of carboxylic acids is 1. The monoisotopic (exact) mass is 348 g/mol. The van der Waals surface area contributed by atoms with Gasteiger partial charge in [0.1, 0.15) is 4.88 Å². The predicted molar refractivity (Wildman–Crippen MR) is 89.2 cm³/mol. The van der Waals surface area contributed by atoms with Crippen LogP contribution in [0.15, 0.2) is 6.07 Å². The minimum atomic E-state index is -0.828. The van der Waals surface area contributed by atoms with Gasteiger partial charge in [0.2, 0.25) is 0 Å². The van der Waals surface area contributed by atoms with Gasteiger partial charge in [-0.15, -0.1) is 11.3 Å². The summed E-state index contributed by atoms with van der Waals surface area (Å²) >= 11 is 1.45. The van der Waals surface area contributed by atoms with Gasteiger partial charge in [0.05, 0.1) is 41.6 Å². The van der Waals surface area contributed by atoms with Gasteiger partial charge < -0.3 is 10.0 Å². The highest BCUT2D eigenvalue weighted by Gasteiger charge is 2.26. The van der Waals surface area contributed by atoms with Crippen molar-refractivity contribution in [1.29, 1.82) is 0 Å². The first kappa shape index (κ1) is 16.6. The van der Waals surface area contributed by atoms with Gasteiger partial charge in [0.25, 0.3) is 5.91 Å². The maximum absolute atomic E-state index is 12.8. The summed E-state index contributed by atoms with van der Waals surface area (Å²) < 4.78 is 1.87. The van der Waals surface area contributed by atoms with Crippen LogP contribution in [-0.4, -0.2) is 43.2 Å². The molecule has 3 heterocycles. The number of carbonyl (C=O) groups excluding carboxylic acids is 1. The predicted octanol–water partition coefficient (Wildman–Crippen LogP) is 1.88. The van der Waals surface area contributed by atoms with Gasteiger partial charge >= 0.3 is 5.97 Å². The van der Waals surface area contributed by atoms with Crippen LogP contribution in [0.25, 0.3) is 0 Å². The normalized spacial score (nSPS) is 13.8. The van der Waals surface area contributed by atoms with E-state index in [1.165, 1.54) is 11.3 Å². The number of hydrogen-bond acceptors (Lipinski definition) is 5. The molecule has 8 heteroatoms. The number of carboxylic acid groups (broad SMARTS) is 1. The molecule has 1 aliphatic heterocycles. The summed E-state index contributed by atoms with van der Waals surface area (Å²) in [5.74, 6) is -0.803. The van der Waals surface area contributed by atoms with E-state index in [-0.39, 0.29) is 12.3 Å². The number of carbonyl (C=O) groups is 2. The van der Waals surface area contributed by atoms with E-state index in [9.17, 15) is 9.59 Å². The number of thiazole rings is 1. The summed E-state index contributed by atoms with van der Waals surface area (Å²) in [5.41, 5.74) is 2.59. The van der Waals surface area contributed by atoms with E-state index in [1.54, 1.807) is 0 Å². The molecular formula is C16H20N4O3S. The Morgan fingerprint density at radius 2 is 2.17 bits per heavy atom. The van der Waals surface area contributed by atoms with Gasteiger partial charge in [-0.25, -0.2) is 4.98 Å². The van der Waals surface area contributed by atoms with E-state index in [4.69, 9.17) is 5.11 Å². The quantitative estimate of drug-likeness (QED) is 0.891. The molecule has 0 bridgehead atoms. The Bertz CT molecular complexity index is 780. The second-order valence-corrected chi connectivity index (χ2v) is 7.04. The molecule has 7 nitrogen and oxygen atoms in total. The third-order valence-electron chi connectivity index (χ3n) is 4.06. The molecule has 0 aliphatic carbocycles. The summed E-state index contributed by atoms with van der Waals surface area (Å²) in [4.78, 5) is 30.5. The van der Waals surface area contributed by atoms with Crippen LogP contribution in [-0.2, 0) is 30.7 Å². The zero-order chi connectivity index (χ0) is 17.3. The Morgan fingerprint density at radius 3 is 2.88 bits per heavy atom. The SMILES string of the molecule is CCc1nc(C)sc1C(=O)N1CCn2nc(CCC(=O)O)cc2C1. The largest absolute Gasteiger partial charge is 0.481 e. The Morgan fingerprint density at radius 1 is 1.38 bits per heavy atom. The number of aromatic nitrogens is 3.